The van der Waals surface area contributed by atoms with Gasteiger partial charge < -0.3 is 0 Å². The monoisotopic (exact) mass is 304 g/mol. The van der Waals surface area contributed by atoms with E-state index in [-0.39, 0.29) is 6.04 Å². The first kappa shape index (κ1) is 12.0. The van der Waals surface area contributed by atoms with Gasteiger partial charge in [-0.3, -0.25) is 0 Å². The van der Waals surface area contributed by atoms with E-state index >= 15 is 0 Å². The van der Waals surface area contributed by atoms with Crippen LogP contribution >= 0.6 is 15.9 Å². The summed E-state index contributed by atoms with van der Waals surface area (Å²) in [6, 6.07) is 5.49. The van der Waals surface area contributed by atoms with E-state index in [1.54, 1.807) is 0 Å². The SMILES string of the molecule is CS(=O)(=O)N1CCC[C@H]1c1cccc(Br)n1. The van der Waals surface area contributed by atoms with Crippen molar-refractivity contribution in [1.82, 2.24) is 9.29 Å². The predicted molar refractivity (Wildman–Crippen MR) is 65.5 cm³/mol. The number of rotatable bonds is 2. The van der Waals surface area contributed by atoms with E-state index in [4.69, 9.17) is 0 Å². The molecule has 1 aliphatic heterocycles. The van der Waals surface area contributed by atoms with Crippen LogP contribution in [-0.2, 0) is 10.0 Å². The maximum atomic E-state index is 11.6. The molecular formula is C10H13BrN2O2S. The molecule has 88 valence electrons. The molecule has 1 saturated heterocycles. The predicted octanol–water partition coefficient (Wildman–Crippen LogP) is 1.94. The van der Waals surface area contributed by atoms with Gasteiger partial charge in [0.1, 0.15) is 4.60 Å². The van der Waals surface area contributed by atoms with Crippen molar-refractivity contribution < 1.29 is 8.42 Å². The van der Waals surface area contributed by atoms with Crippen LogP contribution in [0.2, 0.25) is 0 Å². The molecule has 0 aliphatic carbocycles. The number of hydrogen-bond acceptors (Lipinski definition) is 3. The summed E-state index contributed by atoms with van der Waals surface area (Å²) in [4.78, 5) is 4.33. The lowest BCUT2D eigenvalue weighted by Crippen LogP contribution is -2.29. The van der Waals surface area contributed by atoms with Crippen LogP contribution in [0.25, 0.3) is 0 Å². The third-order valence-electron chi connectivity index (χ3n) is 2.71. The van der Waals surface area contributed by atoms with E-state index in [9.17, 15) is 8.42 Å². The van der Waals surface area contributed by atoms with Gasteiger partial charge in [-0.05, 0) is 40.9 Å². The van der Waals surface area contributed by atoms with Crippen LogP contribution in [-0.4, -0.2) is 30.5 Å². The maximum absolute atomic E-state index is 11.6. The van der Waals surface area contributed by atoms with Gasteiger partial charge in [0.25, 0.3) is 0 Å². The van der Waals surface area contributed by atoms with Crippen molar-refractivity contribution >= 4 is 26.0 Å². The second-order valence-electron chi connectivity index (χ2n) is 3.92. The van der Waals surface area contributed by atoms with Gasteiger partial charge >= 0.3 is 0 Å². The molecule has 1 aliphatic rings. The molecule has 0 bridgehead atoms. The highest BCUT2D eigenvalue weighted by molar-refractivity contribution is 9.10. The number of nitrogens with zero attached hydrogens (tertiary/aromatic N) is 2. The lowest BCUT2D eigenvalue weighted by atomic mass is 10.1. The zero-order chi connectivity index (χ0) is 11.8. The highest BCUT2D eigenvalue weighted by Gasteiger charge is 2.33. The van der Waals surface area contributed by atoms with Crippen molar-refractivity contribution in [2.24, 2.45) is 0 Å². The van der Waals surface area contributed by atoms with Gasteiger partial charge in [-0.15, -0.1) is 0 Å². The molecule has 0 spiro atoms. The van der Waals surface area contributed by atoms with Crippen LogP contribution in [0.1, 0.15) is 24.6 Å². The van der Waals surface area contributed by atoms with Crippen molar-refractivity contribution in [3.05, 3.63) is 28.5 Å². The summed E-state index contributed by atoms with van der Waals surface area (Å²) in [6.45, 7) is 0.595. The number of hydrogen-bond donors (Lipinski definition) is 0. The highest BCUT2D eigenvalue weighted by atomic mass is 79.9. The Balaban J connectivity index is 2.34. The molecule has 4 nitrogen and oxygen atoms in total. The summed E-state index contributed by atoms with van der Waals surface area (Å²) < 4.78 is 25.4. The Morgan fingerprint density at radius 2 is 2.25 bits per heavy atom. The Kier molecular flexibility index (Phi) is 3.32. The zero-order valence-corrected chi connectivity index (χ0v) is 11.3. The van der Waals surface area contributed by atoms with Crippen molar-refractivity contribution in [1.29, 1.82) is 0 Å². The third kappa shape index (κ3) is 2.44. The van der Waals surface area contributed by atoms with Crippen LogP contribution < -0.4 is 0 Å². The second kappa shape index (κ2) is 4.43. The molecule has 0 radical (unpaired) electrons. The lowest BCUT2D eigenvalue weighted by molar-refractivity contribution is 0.394. The fraction of sp³-hybridized carbons (Fsp3) is 0.500. The van der Waals surface area contributed by atoms with Crippen LogP contribution in [0.15, 0.2) is 22.8 Å². The molecule has 1 aromatic heterocycles. The number of pyridine rings is 1. The van der Waals surface area contributed by atoms with Gasteiger partial charge in [-0.25, -0.2) is 13.4 Å². The van der Waals surface area contributed by atoms with Crippen LogP contribution in [0.5, 0.6) is 0 Å². The summed E-state index contributed by atoms with van der Waals surface area (Å²) in [7, 11) is -3.13. The molecule has 2 heterocycles. The summed E-state index contributed by atoms with van der Waals surface area (Å²) >= 11 is 3.30. The minimum Gasteiger partial charge on any atom is -0.244 e. The highest BCUT2D eigenvalue weighted by Crippen LogP contribution is 2.33. The molecule has 0 amide bonds. The number of halogens is 1. The molecule has 2 rings (SSSR count). The molecule has 1 aromatic rings. The van der Waals surface area contributed by atoms with E-state index < -0.39 is 10.0 Å². The minimum absolute atomic E-state index is 0.104. The molecule has 16 heavy (non-hydrogen) atoms. The van der Waals surface area contributed by atoms with Crippen molar-refractivity contribution in [2.45, 2.75) is 18.9 Å². The molecule has 0 N–H and O–H groups in total. The van der Waals surface area contributed by atoms with Gasteiger partial charge in [-0.2, -0.15) is 4.31 Å². The topological polar surface area (TPSA) is 50.3 Å². The molecule has 0 unspecified atom stereocenters. The lowest BCUT2D eigenvalue weighted by Gasteiger charge is -2.21. The smallest absolute Gasteiger partial charge is 0.211 e. The molecular weight excluding hydrogens is 292 g/mol. The third-order valence-corrected chi connectivity index (χ3v) is 4.44. The van der Waals surface area contributed by atoms with E-state index in [0.717, 1.165) is 23.1 Å². The normalized spacial score (nSPS) is 22.5. The Morgan fingerprint density at radius 1 is 1.50 bits per heavy atom. The average Bonchev–Trinajstić information content (AvgIpc) is 2.65. The summed E-state index contributed by atoms with van der Waals surface area (Å²) in [5.41, 5.74) is 0.817. The van der Waals surface area contributed by atoms with Gasteiger partial charge in [0.05, 0.1) is 18.0 Å². The van der Waals surface area contributed by atoms with Crippen LogP contribution in [0.3, 0.4) is 0 Å². The Morgan fingerprint density at radius 3 is 2.88 bits per heavy atom. The van der Waals surface area contributed by atoms with Crippen molar-refractivity contribution in [3.63, 3.8) is 0 Å². The fourth-order valence-corrected chi connectivity index (χ4v) is 3.54. The first-order valence-electron chi connectivity index (χ1n) is 5.08. The van der Waals surface area contributed by atoms with E-state index in [2.05, 4.69) is 20.9 Å². The minimum atomic E-state index is -3.13. The van der Waals surface area contributed by atoms with Crippen molar-refractivity contribution in [3.8, 4) is 0 Å². The van der Waals surface area contributed by atoms with Gasteiger partial charge in [0.2, 0.25) is 10.0 Å². The van der Waals surface area contributed by atoms with Crippen LogP contribution in [0, 0.1) is 0 Å². The van der Waals surface area contributed by atoms with Gasteiger partial charge in [0, 0.05) is 6.54 Å². The van der Waals surface area contributed by atoms with Crippen molar-refractivity contribution in [2.75, 3.05) is 12.8 Å². The molecule has 1 atom stereocenters. The Bertz CT molecular complexity index is 489. The first-order chi connectivity index (χ1) is 7.48. The fourth-order valence-electron chi connectivity index (χ4n) is 2.04. The van der Waals surface area contributed by atoms with Gasteiger partial charge in [0.15, 0.2) is 0 Å². The van der Waals surface area contributed by atoms with E-state index in [1.807, 2.05) is 18.2 Å². The largest absolute Gasteiger partial charge is 0.244 e. The molecule has 6 heteroatoms. The summed E-state index contributed by atoms with van der Waals surface area (Å²) in [6.07, 6.45) is 2.99. The standard InChI is InChI=1S/C10H13BrN2O2S/c1-16(14,15)13-7-3-5-9(13)8-4-2-6-10(11)12-8/h2,4,6,9H,3,5,7H2,1H3/t9-/m0/s1. The zero-order valence-electron chi connectivity index (χ0n) is 8.93. The second-order valence-corrected chi connectivity index (χ2v) is 6.66. The van der Waals surface area contributed by atoms with E-state index in [0.29, 0.717) is 6.54 Å². The van der Waals surface area contributed by atoms with Crippen LogP contribution in [0.4, 0.5) is 0 Å². The number of sulfonamides is 1. The maximum Gasteiger partial charge on any atom is 0.211 e. The average molecular weight is 305 g/mol. The Hall–Kier alpha value is -0.460. The first-order valence-corrected chi connectivity index (χ1v) is 7.72. The molecule has 0 saturated carbocycles. The summed E-state index contributed by atoms with van der Waals surface area (Å²) in [5, 5.41) is 0. The molecule has 0 aromatic carbocycles. The number of aromatic nitrogens is 1. The van der Waals surface area contributed by atoms with E-state index in [1.165, 1.54) is 10.6 Å². The Labute approximate surface area is 104 Å². The molecule has 1 fully saturated rings. The van der Waals surface area contributed by atoms with Gasteiger partial charge in [-0.1, -0.05) is 6.07 Å². The quantitative estimate of drug-likeness (QED) is 0.785. The summed E-state index contributed by atoms with van der Waals surface area (Å²) in [5.74, 6) is 0.